The molecule has 0 rings (SSSR count). The van der Waals surface area contributed by atoms with E-state index in [1.807, 2.05) is 0 Å². The van der Waals surface area contributed by atoms with Crippen molar-refractivity contribution in [2.45, 2.75) is 309 Å². The van der Waals surface area contributed by atoms with Gasteiger partial charge in [0, 0.05) is 19.3 Å². The minimum Gasteiger partial charge on any atom is -0.462 e. The van der Waals surface area contributed by atoms with Crippen LogP contribution in [0, 0.1) is 0 Å². The molecule has 0 aliphatic carbocycles. The second-order valence-corrected chi connectivity index (χ2v) is 21.6. The fraction of sp³-hybridized carbons (Fsp3) is 0.685. The highest BCUT2D eigenvalue weighted by molar-refractivity contribution is 5.71. The van der Waals surface area contributed by atoms with E-state index in [9.17, 15) is 14.4 Å². The van der Waals surface area contributed by atoms with Crippen LogP contribution in [0.1, 0.15) is 303 Å². The zero-order valence-electron chi connectivity index (χ0n) is 51.6. The number of carbonyl (C=O) groups excluding carboxylic acids is 3. The van der Waals surface area contributed by atoms with Crippen LogP contribution in [-0.4, -0.2) is 37.2 Å². The highest BCUT2D eigenvalue weighted by Gasteiger charge is 2.19. The zero-order chi connectivity index (χ0) is 57.1. The van der Waals surface area contributed by atoms with E-state index in [-0.39, 0.29) is 37.5 Å². The summed E-state index contributed by atoms with van der Waals surface area (Å²) in [7, 11) is 0. The topological polar surface area (TPSA) is 78.9 Å². The molecule has 0 radical (unpaired) electrons. The van der Waals surface area contributed by atoms with E-state index in [4.69, 9.17) is 14.2 Å². The van der Waals surface area contributed by atoms with Crippen molar-refractivity contribution in [3.8, 4) is 0 Å². The Hall–Kier alpha value is -4.19. The minimum atomic E-state index is -0.806. The Labute approximate surface area is 488 Å². The van der Waals surface area contributed by atoms with Crippen molar-refractivity contribution < 1.29 is 28.6 Å². The number of hydrogen-bond donors (Lipinski definition) is 0. The lowest BCUT2D eigenvalue weighted by Crippen LogP contribution is -2.30. The van der Waals surface area contributed by atoms with Gasteiger partial charge in [-0.1, -0.05) is 284 Å². The van der Waals surface area contributed by atoms with Crippen molar-refractivity contribution in [1.82, 2.24) is 0 Å². The summed E-state index contributed by atoms with van der Waals surface area (Å²) in [6, 6.07) is 0. The van der Waals surface area contributed by atoms with Gasteiger partial charge in [0.2, 0.25) is 0 Å². The molecule has 0 amide bonds. The summed E-state index contributed by atoms with van der Waals surface area (Å²) in [4.78, 5) is 38.2. The SMILES string of the molecule is CC/C=C\C/C=C\C/C=C\C/C=C\CCCCCCCCCCCCCCCCCCCCCCCCC(=O)OCC(COC(=O)CCCCC/C=C\C/C=C\C/C=C\CC)OC(=O)CCCCC/C=C\C/C=C\C/C=C\CC. The highest BCUT2D eigenvalue weighted by Crippen LogP contribution is 2.17. The number of allylic oxidation sites excluding steroid dienone is 20. The monoisotopic (exact) mass is 1090 g/mol. The molecular weight excluding hydrogens is 973 g/mol. The molecule has 0 aromatic heterocycles. The Balaban J connectivity index is 4.09. The first kappa shape index (κ1) is 74.8. The molecule has 6 heteroatoms. The average molecular weight is 1100 g/mol. The van der Waals surface area contributed by atoms with E-state index < -0.39 is 6.10 Å². The fourth-order valence-electron chi connectivity index (χ4n) is 9.11. The molecule has 0 N–H and O–H groups in total. The quantitative estimate of drug-likeness (QED) is 0.0261. The molecule has 0 aliphatic rings. The average Bonchev–Trinajstić information content (AvgIpc) is 3.45. The van der Waals surface area contributed by atoms with Gasteiger partial charge in [-0.3, -0.25) is 14.4 Å². The number of carbonyl (C=O) groups is 3. The van der Waals surface area contributed by atoms with Crippen LogP contribution in [0.4, 0.5) is 0 Å². The number of rotatable bonds is 59. The number of hydrogen-bond acceptors (Lipinski definition) is 6. The third kappa shape index (κ3) is 64.5. The molecule has 79 heavy (non-hydrogen) atoms. The minimum absolute atomic E-state index is 0.0984. The highest BCUT2D eigenvalue weighted by atomic mass is 16.6. The molecule has 0 heterocycles. The van der Waals surface area contributed by atoms with E-state index in [1.165, 1.54) is 128 Å². The summed E-state index contributed by atoms with van der Waals surface area (Å²) < 4.78 is 16.8. The van der Waals surface area contributed by atoms with Gasteiger partial charge >= 0.3 is 17.9 Å². The van der Waals surface area contributed by atoms with E-state index in [1.54, 1.807) is 0 Å². The zero-order valence-corrected chi connectivity index (χ0v) is 51.6. The molecule has 6 nitrogen and oxygen atoms in total. The number of ether oxygens (including phenoxy) is 3. The summed E-state index contributed by atoms with van der Waals surface area (Å²) in [6.45, 7) is 6.26. The van der Waals surface area contributed by atoms with E-state index in [2.05, 4.69) is 142 Å². The van der Waals surface area contributed by atoms with E-state index >= 15 is 0 Å². The van der Waals surface area contributed by atoms with Gasteiger partial charge in [-0.25, -0.2) is 0 Å². The molecule has 0 aliphatic heterocycles. The molecule has 0 saturated heterocycles. The first-order valence-electron chi connectivity index (χ1n) is 33.0. The number of unbranched alkanes of at least 4 members (excludes halogenated alkanes) is 28. The normalized spacial score (nSPS) is 12.9. The maximum atomic E-state index is 12.8. The first-order chi connectivity index (χ1) is 39.0. The maximum absolute atomic E-state index is 12.8. The second kappa shape index (κ2) is 66.3. The molecular formula is C73H122O6. The Morgan fingerprint density at radius 3 is 0.722 bits per heavy atom. The largest absolute Gasteiger partial charge is 0.462 e. The van der Waals surface area contributed by atoms with Gasteiger partial charge in [0.1, 0.15) is 13.2 Å². The van der Waals surface area contributed by atoms with E-state index in [0.717, 1.165) is 135 Å². The molecule has 0 bridgehead atoms. The van der Waals surface area contributed by atoms with Crippen molar-refractivity contribution in [3.05, 3.63) is 122 Å². The van der Waals surface area contributed by atoms with Crippen LogP contribution >= 0.6 is 0 Å². The molecule has 450 valence electrons. The third-order valence-corrected chi connectivity index (χ3v) is 13.9. The lowest BCUT2D eigenvalue weighted by Gasteiger charge is -2.18. The van der Waals surface area contributed by atoms with Crippen LogP contribution in [0.5, 0.6) is 0 Å². The van der Waals surface area contributed by atoms with Crippen molar-refractivity contribution in [2.24, 2.45) is 0 Å². The van der Waals surface area contributed by atoms with Crippen molar-refractivity contribution in [3.63, 3.8) is 0 Å². The van der Waals surface area contributed by atoms with Gasteiger partial charge in [-0.15, -0.1) is 0 Å². The summed E-state index contributed by atoms with van der Waals surface area (Å²) in [5.41, 5.74) is 0. The molecule has 0 aromatic carbocycles. The Morgan fingerprint density at radius 2 is 0.456 bits per heavy atom. The van der Waals surface area contributed by atoms with Gasteiger partial charge in [-0.2, -0.15) is 0 Å². The summed E-state index contributed by atoms with van der Waals surface area (Å²) >= 11 is 0. The molecule has 1 atom stereocenters. The summed E-state index contributed by atoms with van der Waals surface area (Å²) in [5, 5.41) is 0. The van der Waals surface area contributed by atoms with Crippen LogP contribution in [0.15, 0.2) is 122 Å². The number of esters is 3. The van der Waals surface area contributed by atoms with Gasteiger partial charge in [0.25, 0.3) is 0 Å². The lowest BCUT2D eigenvalue weighted by molar-refractivity contribution is -0.167. The van der Waals surface area contributed by atoms with Crippen molar-refractivity contribution >= 4 is 17.9 Å². The smallest absolute Gasteiger partial charge is 0.306 e. The molecule has 0 saturated carbocycles. The van der Waals surface area contributed by atoms with Gasteiger partial charge in [0.15, 0.2) is 6.10 Å². The first-order valence-corrected chi connectivity index (χ1v) is 33.0. The van der Waals surface area contributed by atoms with Crippen molar-refractivity contribution in [2.75, 3.05) is 13.2 Å². The van der Waals surface area contributed by atoms with Gasteiger partial charge < -0.3 is 14.2 Å². The van der Waals surface area contributed by atoms with Crippen LogP contribution in [0.25, 0.3) is 0 Å². The summed E-state index contributed by atoms with van der Waals surface area (Å²) in [6.07, 6.45) is 92.5. The van der Waals surface area contributed by atoms with Crippen LogP contribution < -0.4 is 0 Å². The summed E-state index contributed by atoms with van der Waals surface area (Å²) in [5.74, 6) is -0.953. The Kier molecular flexibility index (Phi) is 62.8. The molecule has 1 unspecified atom stereocenters. The second-order valence-electron chi connectivity index (χ2n) is 21.6. The Morgan fingerprint density at radius 1 is 0.253 bits per heavy atom. The van der Waals surface area contributed by atoms with Crippen LogP contribution in [0.2, 0.25) is 0 Å². The Bertz CT molecular complexity index is 1640. The van der Waals surface area contributed by atoms with Crippen LogP contribution in [-0.2, 0) is 28.6 Å². The van der Waals surface area contributed by atoms with E-state index in [0.29, 0.717) is 12.8 Å². The maximum Gasteiger partial charge on any atom is 0.306 e. The molecule has 0 aromatic rings. The van der Waals surface area contributed by atoms with Crippen LogP contribution in [0.3, 0.4) is 0 Å². The molecule has 0 spiro atoms. The molecule has 0 fully saturated rings. The standard InChI is InChI=1S/C73H122O6/c1-4-7-10-13-16-19-22-25-26-27-28-29-30-31-32-33-34-35-36-37-38-39-40-41-42-43-44-45-46-49-51-54-57-60-63-66-72(75)78-69-70(79-73(76)67-64-61-58-55-52-48-24-21-18-15-12-9-6-3)68-77-71(74)65-62-59-56-53-50-47-23-20-17-14-11-8-5-2/h7-12,16-21,25-26,28-29,47-48,50,52,70H,4-6,13-15,22-24,27,30-46,49,51,53-69H2,1-3H3/b10-7-,11-8-,12-9-,19-16-,20-17-,21-18-,26-25-,29-28-,50-47-,52-48-. The van der Waals surface area contributed by atoms with Gasteiger partial charge in [0.05, 0.1) is 0 Å². The lowest BCUT2D eigenvalue weighted by atomic mass is 10.0. The fourth-order valence-corrected chi connectivity index (χ4v) is 9.11. The van der Waals surface area contributed by atoms with Gasteiger partial charge in [-0.05, 0) is 122 Å². The van der Waals surface area contributed by atoms with Crippen molar-refractivity contribution in [1.29, 1.82) is 0 Å². The predicted molar refractivity (Wildman–Crippen MR) is 343 cm³/mol. The predicted octanol–water partition coefficient (Wildman–Crippen LogP) is 22.8. The third-order valence-electron chi connectivity index (χ3n) is 13.9.